The Morgan fingerprint density at radius 2 is 1.69 bits per heavy atom. The summed E-state index contributed by atoms with van der Waals surface area (Å²) in [6.45, 7) is 0. The summed E-state index contributed by atoms with van der Waals surface area (Å²) < 4.78 is 6.86. The number of carbonyl (C=O) groups is 3. The zero-order valence-electron chi connectivity index (χ0n) is 16.8. The van der Waals surface area contributed by atoms with Crippen molar-refractivity contribution in [1.82, 2.24) is 9.88 Å². The standard InChI is InChI=1S/C23H17N3O5S/c1-31-18-10-8-16(9-11-18)26-21(28)19(20(27)24-23(26)32)13-17-3-2-12-25(17)15-6-4-14(5-7-15)22(29)30/h2-13H,1H3,(H,29,30)(H,24,27,32)/p-1/b19-13+. The van der Waals surface area contributed by atoms with Gasteiger partial charge in [-0.1, -0.05) is 12.1 Å². The van der Waals surface area contributed by atoms with Crippen molar-refractivity contribution in [2.75, 3.05) is 12.0 Å². The number of carboxylic acids is 1. The van der Waals surface area contributed by atoms with Crippen molar-refractivity contribution in [3.8, 4) is 11.4 Å². The molecule has 0 unspecified atom stereocenters. The Hall–Kier alpha value is -4.24. The Kier molecular flexibility index (Phi) is 5.57. The average molecular weight is 446 g/mol. The number of amides is 2. The molecule has 1 aromatic heterocycles. The summed E-state index contributed by atoms with van der Waals surface area (Å²) in [5.41, 5.74) is 1.64. The number of hydrogen-bond acceptors (Lipinski definition) is 6. The van der Waals surface area contributed by atoms with Gasteiger partial charge < -0.3 is 19.2 Å². The minimum Gasteiger partial charge on any atom is -0.545 e. The van der Waals surface area contributed by atoms with E-state index in [1.54, 1.807) is 59.3 Å². The first kappa shape index (κ1) is 21.0. The van der Waals surface area contributed by atoms with Gasteiger partial charge in [0, 0.05) is 17.6 Å². The number of aromatic nitrogens is 1. The van der Waals surface area contributed by atoms with E-state index >= 15 is 0 Å². The van der Waals surface area contributed by atoms with Crippen LogP contribution in [0.25, 0.3) is 11.8 Å². The highest BCUT2D eigenvalue weighted by atomic mass is 32.1. The molecule has 2 aromatic carbocycles. The van der Waals surface area contributed by atoms with E-state index in [1.807, 2.05) is 0 Å². The van der Waals surface area contributed by atoms with Crippen molar-refractivity contribution < 1.29 is 24.2 Å². The smallest absolute Gasteiger partial charge is 0.270 e. The molecule has 1 fully saturated rings. The predicted octanol–water partition coefficient (Wildman–Crippen LogP) is 1.68. The summed E-state index contributed by atoms with van der Waals surface area (Å²) in [5.74, 6) is -1.83. The second-order valence-electron chi connectivity index (χ2n) is 6.79. The summed E-state index contributed by atoms with van der Waals surface area (Å²) in [6.07, 6.45) is 3.19. The van der Waals surface area contributed by atoms with Gasteiger partial charge in [-0.05, 0) is 72.4 Å². The van der Waals surface area contributed by atoms with Crippen LogP contribution in [0.15, 0.2) is 72.4 Å². The average Bonchev–Trinajstić information content (AvgIpc) is 3.25. The Balaban J connectivity index is 1.70. The number of carbonyl (C=O) groups excluding carboxylic acids is 3. The van der Waals surface area contributed by atoms with Gasteiger partial charge in [0.1, 0.15) is 11.3 Å². The number of ether oxygens (including phenoxy) is 1. The Morgan fingerprint density at radius 3 is 2.31 bits per heavy atom. The molecule has 3 aromatic rings. The number of rotatable bonds is 5. The molecule has 0 bridgehead atoms. The van der Waals surface area contributed by atoms with Crippen molar-refractivity contribution >= 4 is 46.9 Å². The molecule has 2 heterocycles. The largest absolute Gasteiger partial charge is 0.545 e. The van der Waals surface area contributed by atoms with E-state index in [4.69, 9.17) is 17.0 Å². The van der Waals surface area contributed by atoms with Gasteiger partial charge >= 0.3 is 0 Å². The van der Waals surface area contributed by atoms with Crippen LogP contribution >= 0.6 is 12.2 Å². The summed E-state index contributed by atoms with van der Waals surface area (Å²) in [5, 5.41) is 13.5. The van der Waals surface area contributed by atoms with Gasteiger partial charge in [0.15, 0.2) is 5.11 Å². The number of nitrogens with one attached hydrogen (secondary N) is 1. The topological polar surface area (TPSA) is 104 Å². The van der Waals surface area contributed by atoms with Crippen LogP contribution in [0.3, 0.4) is 0 Å². The molecule has 0 aliphatic carbocycles. The van der Waals surface area contributed by atoms with E-state index in [1.165, 1.54) is 30.2 Å². The zero-order chi connectivity index (χ0) is 22.8. The minimum atomic E-state index is -1.27. The van der Waals surface area contributed by atoms with Crippen LogP contribution in [0.4, 0.5) is 5.69 Å². The van der Waals surface area contributed by atoms with Gasteiger partial charge in [0.05, 0.1) is 18.8 Å². The molecule has 4 rings (SSSR count). The van der Waals surface area contributed by atoms with Crippen molar-refractivity contribution in [3.05, 3.63) is 83.7 Å². The molecule has 0 radical (unpaired) electrons. The summed E-state index contributed by atoms with van der Waals surface area (Å²) in [7, 11) is 1.54. The zero-order valence-corrected chi connectivity index (χ0v) is 17.6. The molecule has 0 atom stereocenters. The molecule has 0 spiro atoms. The number of anilines is 1. The highest BCUT2D eigenvalue weighted by Gasteiger charge is 2.34. The van der Waals surface area contributed by atoms with Crippen LogP contribution in [-0.4, -0.2) is 34.6 Å². The summed E-state index contributed by atoms with van der Waals surface area (Å²) in [6, 6.07) is 16.2. The lowest BCUT2D eigenvalue weighted by atomic mass is 10.1. The Bertz CT molecular complexity index is 1260. The number of benzene rings is 2. The molecule has 160 valence electrons. The SMILES string of the molecule is COc1ccc(N2C(=O)/C(=C/c3cccn3-c3ccc(C(=O)[O-])cc3)C(=O)NC2=S)cc1. The molecule has 2 amide bonds. The fourth-order valence-electron chi connectivity index (χ4n) is 3.28. The van der Waals surface area contributed by atoms with E-state index in [0.717, 1.165) is 0 Å². The maximum absolute atomic E-state index is 13.2. The van der Waals surface area contributed by atoms with Crippen LogP contribution in [0.2, 0.25) is 0 Å². The Morgan fingerprint density at radius 1 is 1.03 bits per heavy atom. The normalized spacial score (nSPS) is 15.1. The van der Waals surface area contributed by atoms with Gasteiger partial charge in [0.25, 0.3) is 11.8 Å². The molecule has 8 nitrogen and oxygen atoms in total. The maximum Gasteiger partial charge on any atom is 0.270 e. The summed E-state index contributed by atoms with van der Waals surface area (Å²) in [4.78, 5) is 38.0. The van der Waals surface area contributed by atoms with E-state index < -0.39 is 17.8 Å². The van der Waals surface area contributed by atoms with E-state index in [9.17, 15) is 19.5 Å². The lowest BCUT2D eigenvalue weighted by Crippen LogP contribution is -2.54. The minimum absolute atomic E-state index is 0.0180. The number of thiocarbonyl (C=S) groups is 1. The first-order valence-corrected chi connectivity index (χ1v) is 9.84. The number of carboxylic acid groups (broad SMARTS) is 1. The first-order chi connectivity index (χ1) is 15.4. The second-order valence-corrected chi connectivity index (χ2v) is 7.18. The quantitative estimate of drug-likeness (QED) is 0.363. The van der Waals surface area contributed by atoms with Gasteiger partial charge in [-0.25, -0.2) is 0 Å². The lowest BCUT2D eigenvalue weighted by Gasteiger charge is -2.29. The molecule has 1 aliphatic heterocycles. The Labute approximate surface area is 188 Å². The number of nitrogens with zero attached hydrogens (tertiary/aromatic N) is 2. The molecular formula is C23H16N3O5S-. The third-order valence-electron chi connectivity index (χ3n) is 4.89. The van der Waals surface area contributed by atoms with Crippen molar-refractivity contribution in [2.24, 2.45) is 0 Å². The molecule has 1 saturated heterocycles. The van der Waals surface area contributed by atoms with Crippen LogP contribution in [0.5, 0.6) is 5.75 Å². The van der Waals surface area contributed by atoms with Crippen LogP contribution < -0.4 is 20.1 Å². The van der Waals surface area contributed by atoms with Crippen LogP contribution in [0.1, 0.15) is 16.1 Å². The number of aromatic carboxylic acids is 1. The monoisotopic (exact) mass is 446 g/mol. The lowest BCUT2D eigenvalue weighted by molar-refractivity contribution is -0.255. The molecule has 1 N–H and O–H groups in total. The van der Waals surface area contributed by atoms with Crippen LogP contribution in [0, 0.1) is 0 Å². The van der Waals surface area contributed by atoms with E-state index in [2.05, 4.69) is 5.32 Å². The van der Waals surface area contributed by atoms with Crippen molar-refractivity contribution in [1.29, 1.82) is 0 Å². The van der Waals surface area contributed by atoms with Crippen molar-refractivity contribution in [2.45, 2.75) is 0 Å². The fraction of sp³-hybridized carbons (Fsp3) is 0.0435. The third-order valence-corrected chi connectivity index (χ3v) is 5.17. The summed E-state index contributed by atoms with van der Waals surface area (Å²) >= 11 is 5.22. The van der Waals surface area contributed by atoms with Gasteiger partial charge in [0.2, 0.25) is 0 Å². The van der Waals surface area contributed by atoms with Gasteiger partial charge in [-0.15, -0.1) is 0 Å². The molecule has 1 aliphatic rings. The van der Waals surface area contributed by atoms with Crippen LogP contribution in [-0.2, 0) is 9.59 Å². The number of hydrogen-bond donors (Lipinski definition) is 1. The van der Waals surface area contributed by atoms with Gasteiger partial charge in [-0.3, -0.25) is 19.8 Å². The fourth-order valence-corrected chi connectivity index (χ4v) is 3.56. The van der Waals surface area contributed by atoms with E-state index in [0.29, 0.717) is 22.8 Å². The maximum atomic E-state index is 13.2. The third kappa shape index (κ3) is 3.88. The highest BCUT2D eigenvalue weighted by molar-refractivity contribution is 7.80. The molecule has 32 heavy (non-hydrogen) atoms. The molecular weight excluding hydrogens is 430 g/mol. The van der Waals surface area contributed by atoms with Crippen molar-refractivity contribution in [3.63, 3.8) is 0 Å². The van der Waals surface area contributed by atoms with Gasteiger partial charge in [-0.2, -0.15) is 0 Å². The molecule has 9 heteroatoms. The predicted molar refractivity (Wildman–Crippen MR) is 119 cm³/mol. The van der Waals surface area contributed by atoms with E-state index in [-0.39, 0.29) is 16.2 Å². The molecule has 0 saturated carbocycles. The number of methoxy groups -OCH3 is 1. The highest BCUT2D eigenvalue weighted by Crippen LogP contribution is 2.25. The second kappa shape index (κ2) is 8.48. The first-order valence-electron chi connectivity index (χ1n) is 9.43.